The van der Waals surface area contributed by atoms with E-state index in [9.17, 15) is 4.79 Å². The van der Waals surface area contributed by atoms with E-state index in [1.807, 2.05) is 24.3 Å². The molecule has 0 aliphatic heterocycles. The summed E-state index contributed by atoms with van der Waals surface area (Å²) in [6.07, 6.45) is 3.30. The molecule has 0 unspecified atom stereocenters. The van der Waals surface area contributed by atoms with Crippen LogP contribution in [0.4, 0.5) is 0 Å². The van der Waals surface area contributed by atoms with Crippen LogP contribution in [0.15, 0.2) is 60.6 Å². The Morgan fingerprint density at radius 1 is 1.29 bits per heavy atom. The maximum atomic E-state index is 12.4. The largest absolute Gasteiger partial charge is 0.411 e. The Kier molecular flexibility index (Phi) is 5.15. The van der Waals surface area contributed by atoms with Crippen LogP contribution in [0, 0.1) is 5.92 Å². The van der Waals surface area contributed by atoms with Crippen molar-refractivity contribution in [2.75, 3.05) is 0 Å². The van der Waals surface area contributed by atoms with Crippen molar-refractivity contribution in [2.24, 2.45) is 5.92 Å². The molecule has 8 heteroatoms. The molecule has 6 nitrogen and oxygen atoms in total. The molecule has 3 aromatic rings. The molecule has 0 fully saturated rings. The summed E-state index contributed by atoms with van der Waals surface area (Å²) < 4.78 is 8.16. The van der Waals surface area contributed by atoms with Gasteiger partial charge < -0.3 is 8.98 Å². The first kappa shape index (κ1) is 16.9. The number of aromatic nitrogens is 4. The molecule has 0 bridgehead atoms. The molecule has 0 aliphatic carbocycles. The van der Waals surface area contributed by atoms with E-state index >= 15 is 0 Å². The summed E-state index contributed by atoms with van der Waals surface area (Å²) in [7, 11) is 0. The number of halogens is 1. The molecule has 0 aliphatic rings. The van der Waals surface area contributed by atoms with Gasteiger partial charge >= 0.3 is 0 Å². The Labute approximate surface area is 151 Å². The van der Waals surface area contributed by atoms with Crippen molar-refractivity contribution in [2.45, 2.75) is 30.6 Å². The van der Waals surface area contributed by atoms with Gasteiger partial charge in [-0.15, -0.1) is 10.2 Å². The van der Waals surface area contributed by atoms with Gasteiger partial charge in [0.1, 0.15) is 0 Å². The first-order valence-corrected chi connectivity index (χ1v) is 8.97. The minimum atomic E-state index is -0.156. The molecule has 0 saturated carbocycles. The number of rotatable bonds is 5. The fourth-order valence-corrected chi connectivity index (χ4v) is 3.25. The van der Waals surface area contributed by atoms with E-state index < -0.39 is 0 Å². The highest BCUT2D eigenvalue weighted by Crippen LogP contribution is 2.30. The number of hydrogen-bond acceptors (Lipinski definition) is 6. The molecule has 0 saturated heterocycles. The molecule has 0 radical (unpaired) electrons. The second kappa shape index (κ2) is 7.31. The molecule has 0 N–H and O–H groups in total. The highest BCUT2D eigenvalue weighted by Gasteiger charge is 2.15. The molecule has 2 heterocycles. The predicted octanol–water partition coefficient (Wildman–Crippen LogP) is 3.86. The Hall–Kier alpha value is -1.93. The first-order valence-electron chi connectivity index (χ1n) is 7.36. The lowest BCUT2D eigenvalue weighted by molar-refractivity contribution is 0.464. The van der Waals surface area contributed by atoms with Crippen LogP contribution in [0.25, 0.3) is 11.5 Å². The predicted molar refractivity (Wildman–Crippen MR) is 94.9 cm³/mol. The Morgan fingerprint density at radius 3 is 2.83 bits per heavy atom. The van der Waals surface area contributed by atoms with Crippen LogP contribution in [0.1, 0.15) is 13.8 Å². The third-order valence-electron chi connectivity index (χ3n) is 3.14. The molecule has 124 valence electrons. The quantitative estimate of drug-likeness (QED) is 0.640. The van der Waals surface area contributed by atoms with Crippen LogP contribution in [0.2, 0.25) is 0 Å². The van der Waals surface area contributed by atoms with Crippen molar-refractivity contribution >= 4 is 27.7 Å². The molecular formula is C16H15BrN4O2S. The van der Waals surface area contributed by atoms with Gasteiger partial charge in [-0.3, -0.25) is 4.79 Å². The van der Waals surface area contributed by atoms with E-state index in [1.54, 1.807) is 17.0 Å². The van der Waals surface area contributed by atoms with Gasteiger partial charge in [-0.05, 0) is 45.7 Å². The lowest BCUT2D eigenvalue weighted by Crippen LogP contribution is -2.24. The van der Waals surface area contributed by atoms with Crippen molar-refractivity contribution in [3.63, 3.8) is 0 Å². The van der Waals surface area contributed by atoms with Crippen LogP contribution in [0.3, 0.4) is 0 Å². The van der Waals surface area contributed by atoms with Crippen LogP contribution >= 0.6 is 27.7 Å². The highest BCUT2D eigenvalue weighted by molar-refractivity contribution is 9.10. The molecule has 2 aromatic heterocycles. The minimum Gasteiger partial charge on any atom is -0.411 e. The van der Waals surface area contributed by atoms with Crippen molar-refractivity contribution in [3.8, 4) is 11.5 Å². The second-order valence-corrected chi connectivity index (χ2v) is 7.33. The Bertz CT molecular complexity index is 907. The maximum Gasteiger partial charge on any atom is 0.283 e. The van der Waals surface area contributed by atoms with Gasteiger partial charge in [0.05, 0.1) is 5.56 Å². The number of nitrogens with zero attached hydrogens (tertiary/aromatic N) is 4. The zero-order valence-corrected chi connectivity index (χ0v) is 15.5. The minimum absolute atomic E-state index is 0.156. The van der Waals surface area contributed by atoms with Crippen LogP contribution in [-0.4, -0.2) is 19.7 Å². The highest BCUT2D eigenvalue weighted by atomic mass is 79.9. The Balaban J connectivity index is 1.86. The average Bonchev–Trinajstić information content (AvgIpc) is 3.00. The topological polar surface area (TPSA) is 73.8 Å². The van der Waals surface area contributed by atoms with Gasteiger partial charge in [-0.25, -0.2) is 4.98 Å². The van der Waals surface area contributed by atoms with Crippen LogP contribution in [-0.2, 0) is 6.54 Å². The average molecular weight is 407 g/mol. The molecule has 3 rings (SSSR count). The zero-order chi connectivity index (χ0) is 17.1. The van der Waals surface area contributed by atoms with Crippen molar-refractivity contribution in [1.29, 1.82) is 0 Å². The molecule has 24 heavy (non-hydrogen) atoms. The zero-order valence-electron chi connectivity index (χ0n) is 13.1. The van der Waals surface area contributed by atoms with Crippen molar-refractivity contribution in [3.05, 3.63) is 51.5 Å². The van der Waals surface area contributed by atoms with Crippen molar-refractivity contribution < 1.29 is 4.42 Å². The summed E-state index contributed by atoms with van der Waals surface area (Å²) >= 11 is 4.53. The molecule has 0 spiro atoms. The first-order chi connectivity index (χ1) is 11.5. The summed E-state index contributed by atoms with van der Waals surface area (Å²) in [5.74, 6) is 0.761. The molecule has 1 aromatic carbocycles. The normalized spacial score (nSPS) is 11.2. The van der Waals surface area contributed by atoms with E-state index in [0.717, 1.165) is 21.8 Å². The van der Waals surface area contributed by atoms with E-state index in [2.05, 4.69) is 45.0 Å². The fraction of sp³-hybridized carbons (Fsp3) is 0.250. The summed E-state index contributed by atoms with van der Waals surface area (Å²) in [5.41, 5.74) is 0.645. The lowest BCUT2D eigenvalue weighted by Gasteiger charge is -2.08. The Morgan fingerprint density at radius 2 is 2.08 bits per heavy atom. The van der Waals surface area contributed by atoms with Gasteiger partial charge in [0, 0.05) is 23.4 Å². The maximum absolute atomic E-state index is 12.4. The van der Waals surface area contributed by atoms with Gasteiger partial charge in [-0.2, -0.15) is 0 Å². The SMILES string of the molecule is CC(C)Cn1ccnc(Sc2nnc(-c3ccccc3Br)o2)c1=O. The summed E-state index contributed by atoms with van der Waals surface area (Å²) in [5, 5.41) is 8.64. The summed E-state index contributed by atoms with van der Waals surface area (Å²) in [6.45, 7) is 4.75. The molecular weight excluding hydrogens is 392 g/mol. The van der Waals surface area contributed by atoms with Crippen molar-refractivity contribution in [1.82, 2.24) is 19.7 Å². The monoisotopic (exact) mass is 406 g/mol. The summed E-state index contributed by atoms with van der Waals surface area (Å²) in [6, 6.07) is 7.57. The fourth-order valence-electron chi connectivity index (χ4n) is 2.11. The molecule has 0 amide bonds. The standard InChI is InChI=1S/C16H15BrN4O2S/c1-10(2)9-21-8-7-18-14(15(21)22)24-16-20-19-13(23-16)11-5-3-4-6-12(11)17/h3-8,10H,9H2,1-2H3. The van der Waals surface area contributed by atoms with E-state index in [0.29, 0.717) is 23.4 Å². The third kappa shape index (κ3) is 3.76. The smallest absolute Gasteiger partial charge is 0.283 e. The lowest BCUT2D eigenvalue weighted by atomic mass is 10.2. The van der Waals surface area contributed by atoms with Gasteiger partial charge in [-0.1, -0.05) is 26.0 Å². The van der Waals surface area contributed by atoms with Crippen LogP contribution < -0.4 is 5.56 Å². The number of benzene rings is 1. The van der Waals surface area contributed by atoms with Gasteiger partial charge in [0.25, 0.3) is 10.8 Å². The second-order valence-electron chi connectivity index (χ2n) is 5.54. The summed E-state index contributed by atoms with van der Waals surface area (Å²) in [4.78, 5) is 16.6. The number of hydrogen-bond donors (Lipinski definition) is 0. The van der Waals surface area contributed by atoms with Crippen LogP contribution in [0.5, 0.6) is 0 Å². The van der Waals surface area contributed by atoms with Gasteiger partial charge in [0.15, 0.2) is 5.03 Å². The van der Waals surface area contributed by atoms with E-state index in [4.69, 9.17) is 4.42 Å². The van der Waals surface area contributed by atoms with Gasteiger partial charge in [0.2, 0.25) is 5.89 Å². The van der Waals surface area contributed by atoms with E-state index in [-0.39, 0.29) is 10.8 Å². The third-order valence-corrected chi connectivity index (χ3v) is 4.64. The van der Waals surface area contributed by atoms with E-state index in [1.165, 1.54) is 0 Å². The molecule has 0 atom stereocenters.